The predicted molar refractivity (Wildman–Crippen MR) is 85.8 cm³/mol. The van der Waals surface area contributed by atoms with Crippen LogP contribution in [0.25, 0.3) is 0 Å². The largest absolute Gasteiger partial charge is 0.427 e. The Kier molecular flexibility index (Phi) is 5.72. The maximum atomic E-state index is 11.9. The van der Waals surface area contributed by atoms with Crippen molar-refractivity contribution in [1.29, 1.82) is 0 Å². The van der Waals surface area contributed by atoms with Gasteiger partial charge in [0.2, 0.25) is 5.91 Å². The summed E-state index contributed by atoms with van der Waals surface area (Å²) in [5.74, 6) is -0.00294. The summed E-state index contributed by atoms with van der Waals surface area (Å²) in [4.78, 5) is 22.8. The Morgan fingerprint density at radius 1 is 1.05 bits per heavy atom. The van der Waals surface area contributed by atoms with E-state index in [1.54, 1.807) is 24.3 Å². The lowest BCUT2D eigenvalue weighted by Crippen LogP contribution is -2.11. The van der Waals surface area contributed by atoms with Gasteiger partial charge >= 0.3 is 5.97 Å². The monoisotopic (exact) mass is 297 g/mol. The third kappa shape index (κ3) is 5.40. The molecule has 0 aromatic heterocycles. The van der Waals surface area contributed by atoms with Crippen LogP contribution in [0.2, 0.25) is 0 Å². The summed E-state index contributed by atoms with van der Waals surface area (Å²) in [6.07, 6.45) is 2.12. The first-order valence-electron chi connectivity index (χ1n) is 7.26. The van der Waals surface area contributed by atoms with Gasteiger partial charge in [0.15, 0.2) is 0 Å². The van der Waals surface area contributed by atoms with Gasteiger partial charge in [-0.05, 0) is 30.5 Å². The molecule has 0 atom stereocenters. The number of carbonyl (C=O) groups excluding carboxylic acids is 2. The summed E-state index contributed by atoms with van der Waals surface area (Å²) in [5, 5.41) is 2.81. The summed E-state index contributed by atoms with van der Waals surface area (Å²) in [5.41, 5.74) is 1.86. The third-order valence-electron chi connectivity index (χ3n) is 3.09. The first-order valence-corrected chi connectivity index (χ1v) is 7.26. The van der Waals surface area contributed by atoms with Gasteiger partial charge in [-0.2, -0.15) is 0 Å². The molecule has 2 aromatic carbocycles. The number of benzene rings is 2. The van der Waals surface area contributed by atoms with Crippen LogP contribution in [-0.4, -0.2) is 11.9 Å². The summed E-state index contributed by atoms with van der Waals surface area (Å²) in [7, 11) is 0. The minimum absolute atomic E-state index is 0.0455. The summed E-state index contributed by atoms with van der Waals surface area (Å²) >= 11 is 0. The fraction of sp³-hybridized carbons (Fsp3) is 0.222. The standard InChI is InChI=1S/C18H19NO3/c1-14(20)22-17-11-6-10-16(13-17)19-18(21)12-5-9-15-7-3-2-4-8-15/h2-4,6-8,10-11,13H,5,9,12H2,1H3,(H,19,21). The van der Waals surface area contributed by atoms with Crippen molar-refractivity contribution in [2.75, 3.05) is 5.32 Å². The van der Waals surface area contributed by atoms with Gasteiger partial charge in [0, 0.05) is 25.1 Å². The highest BCUT2D eigenvalue weighted by Crippen LogP contribution is 2.18. The maximum absolute atomic E-state index is 11.9. The van der Waals surface area contributed by atoms with E-state index in [0.717, 1.165) is 12.8 Å². The van der Waals surface area contributed by atoms with Crippen molar-refractivity contribution in [2.24, 2.45) is 0 Å². The van der Waals surface area contributed by atoms with Crippen LogP contribution in [0.15, 0.2) is 54.6 Å². The first-order chi connectivity index (χ1) is 10.6. The molecule has 0 fully saturated rings. The van der Waals surface area contributed by atoms with Crippen LogP contribution in [-0.2, 0) is 16.0 Å². The van der Waals surface area contributed by atoms with Crippen LogP contribution in [0.5, 0.6) is 5.75 Å². The van der Waals surface area contributed by atoms with Gasteiger partial charge in [0.1, 0.15) is 5.75 Å². The highest BCUT2D eigenvalue weighted by atomic mass is 16.5. The van der Waals surface area contributed by atoms with E-state index in [9.17, 15) is 9.59 Å². The molecule has 0 heterocycles. The Morgan fingerprint density at radius 3 is 2.55 bits per heavy atom. The SMILES string of the molecule is CC(=O)Oc1cccc(NC(=O)CCCc2ccccc2)c1. The third-order valence-corrected chi connectivity index (χ3v) is 3.09. The molecule has 2 aromatic rings. The lowest BCUT2D eigenvalue weighted by atomic mass is 10.1. The minimum Gasteiger partial charge on any atom is -0.427 e. The number of aryl methyl sites for hydroxylation is 1. The molecule has 0 bridgehead atoms. The van der Waals surface area contributed by atoms with Crippen LogP contribution in [0, 0.1) is 0 Å². The second-order valence-electron chi connectivity index (χ2n) is 5.01. The molecule has 22 heavy (non-hydrogen) atoms. The number of rotatable bonds is 6. The summed E-state index contributed by atoms with van der Waals surface area (Å²) in [6, 6.07) is 16.9. The van der Waals surface area contributed by atoms with Crippen molar-refractivity contribution in [2.45, 2.75) is 26.2 Å². The number of anilines is 1. The van der Waals surface area contributed by atoms with E-state index in [1.807, 2.05) is 18.2 Å². The minimum atomic E-state index is -0.383. The average molecular weight is 297 g/mol. The molecule has 4 heteroatoms. The number of nitrogens with one attached hydrogen (secondary N) is 1. The Hall–Kier alpha value is -2.62. The number of hydrogen-bond donors (Lipinski definition) is 1. The maximum Gasteiger partial charge on any atom is 0.308 e. The van der Waals surface area contributed by atoms with Gasteiger partial charge in [-0.1, -0.05) is 36.4 Å². The molecule has 4 nitrogen and oxygen atoms in total. The number of amides is 1. The quantitative estimate of drug-likeness (QED) is 0.655. The fourth-order valence-electron chi connectivity index (χ4n) is 2.12. The van der Waals surface area contributed by atoms with E-state index in [1.165, 1.54) is 12.5 Å². The van der Waals surface area contributed by atoms with Gasteiger partial charge < -0.3 is 10.1 Å². The Bertz CT molecular complexity index is 638. The average Bonchev–Trinajstić information content (AvgIpc) is 2.48. The van der Waals surface area contributed by atoms with Crippen molar-refractivity contribution >= 4 is 17.6 Å². The number of esters is 1. The van der Waals surface area contributed by atoms with Crippen molar-refractivity contribution in [3.63, 3.8) is 0 Å². The molecule has 0 radical (unpaired) electrons. The van der Waals surface area contributed by atoms with E-state index < -0.39 is 0 Å². The van der Waals surface area contributed by atoms with E-state index in [0.29, 0.717) is 17.9 Å². The molecule has 0 saturated heterocycles. The second kappa shape index (κ2) is 7.98. The van der Waals surface area contributed by atoms with E-state index in [4.69, 9.17) is 4.74 Å². The van der Waals surface area contributed by atoms with Gasteiger partial charge in [0.05, 0.1) is 0 Å². The van der Waals surface area contributed by atoms with Gasteiger partial charge in [-0.3, -0.25) is 9.59 Å². The number of carbonyl (C=O) groups is 2. The van der Waals surface area contributed by atoms with Crippen LogP contribution < -0.4 is 10.1 Å². The van der Waals surface area contributed by atoms with Gasteiger partial charge in [-0.25, -0.2) is 0 Å². The molecular formula is C18H19NO3. The Morgan fingerprint density at radius 2 is 1.82 bits per heavy atom. The van der Waals surface area contributed by atoms with Gasteiger partial charge in [0.25, 0.3) is 0 Å². The second-order valence-corrected chi connectivity index (χ2v) is 5.01. The molecule has 2 rings (SSSR count). The van der Waals surface area contributed by atoms with Crippen LogP contribution >= 0.6 is 0 Å². The van der Waals surface area contributed by atoms with Crippen molar-refractivity contribution in [3.05, 3.63) is 60.2 Å². The number of hydrogen-bond acceptors (Lipinski definition) is 3. The molecule has 1 amide bonds. The van der Waals surface area contributed by atoms with Crippen molar-refractivity contribution in [1.82, 2.24) is 0 Å². The topological polar surface area (TPSA) is 55.4 Å². The van der Waals surface area contributed by atoms with E-state index in [-0.39, 0.29) is 11.9 Å². The normalized spacial score (nSPS) is 10.0. The zero-order chi connectivity index (χ0) is 15.8. The van der Waals surface area contributed by atoms with E-state index in [2.05, 4.69) is 17.4 Å². The Labute approximate surface area is 130 Å². The molecule has 0 spiro atoms. The Balaban J connectivity index is 1.80. The predicted octanol–water partition coefficient (Wildman–Crippen LogP) is 3.57. The highest BCUT2D eigenvalue weighted by Gasteiger charge is 2.05. The smallest absolute Gasteiger partial charge is 0.308 e. The summed E-state index contributed by atoms with van der Waals surface area (Å²) in [6.45, 7) is 1.34. The molecule has 0 aliphatic rings. The van der Waals surface area contributed by atoms with Crippen LogP contribution in [0.4, 0.5) is 5.69 Å². The lowest BCUT2D eigenvalue weighted by Gasteiger charge is -2.07. The molecular weight excluding hydrogens is 278 g/mol. The van der Waals surface area contributed by atoms with Crippen molar-refractivity contribution in [3.8, 4) is 5.75 Å². The lowest BCUT2D eigenvalue weighted by molar-refractivity contribution is -0.131. The van der Waals surface area contributed by atoms with Gasteiger partial charge in [-0.15, -0.1) is 0 Å². The summed E-state index contributed by atoms with van der Waals surface area (Å²) < 4.78 is 4.99. The zero-order valence-electron chi connectivity index (χ0n) is 12.5. The zero-order valence-corrected chi connectivity index (χ0v) is 12.5. The highest BCUT2D eigenvalue weighted by molar-refractivity contribution is 5.90. The van der Waals surface area contributed by atoms with E-state index >= 15 is 0 Å². The molecule has 1 N–H and O–H groups in total. The first kappa shape index (κ1) is 15.8. The van der Waals surface area contributed by atoms with Crippen LogP contribution in [0.1, 0.15) is 25.3 Å². The fourth-order valence-corrected chi connectivity index (χ4v) is 2.12. The van der Waals surface area contributed by atoms with Crippen LogP contribution in [0.3, 0.4) is 0 Å². The number of ether oxygens (including phenoxy) is 1. The molecule has 0 saturated carbocycles. The molecule has 0 aliphatic heterocycles. The molecule has 114 valence electrons. The molecule has 0 unspecified atom stereocenters. The van der Waals surface area contributed by atoms with Crippen molar-refractivity contribution < 1.29 is 14.3 Å². The molecule has 0 aliphatic carbocycles.